The van der Waals surface area contributed by atoms with Gasteiger partial charge in [-0.1, -0.05) is 18.2 Å². The lowest BCUT2D eigenvalue weighted by Crippen LogP contribution is -1.94. The Hall–Kier alpha value is -1.52. The second kappa shape index (κ2) is 7.84. The van der Waals surface area contributed by atoms with Crippen molar-refractivity contribution in [2.45, 2.75) is 13.3 Å². The Kier molecular flexibility index (Phi) is 5.57. The van der Waals surface area contributed by atoms with Crippen LogP contribution >= 0.6 is 23.5 Å². The Bertz CT molecular complexity index is 685. The fourth-order valence-electron chi connectivity index (χ4n) is 2.34. The van der Waals surface area contributed by atoms with Crippen molar-refractivity contribution in [3.63, 3.8) is 0 Å². The van der Waals surface area contributed by atoms with Crippen LogP contribution in [-0.4, -0.2) is 18.6 Å². The van der Waals surface area contributed by atoms with Gasteiger partial charge in [0.15, 0.2) is 0 Å². The number of ether oxygens (including phenoxy) is 2. The fourth-order valence-corrected chi connectivity index (χ4v) is 4.97. The minimum Gasteiger partial charge on any atom is -0.497 e. The summed E-state index contributed by atoms with van der Waals surface area (Å²) in [6, 6.07) is 16.0. The summed E-state index contributed by atoms with van der Waals surface area (Å²) in [5.41, 5.74) is 2.63. The highest BCUT2D eigenvalue weighted by Crippen LogP contribution is 2.40. The molecule has 0 atom stereocenters. The van der Waals surface area contributed by atoms with Gasteiger partial charge in [-0.3, -0.25) is 0 Å². The first kappa shape index (κ1) is 16.3. The van der Waals surface area contributed by atoms with E-state index in [2.05, 4.69) is 19.1 Å². The molecule has 2 aromatic carbocycles. The quantitative estimate of drug-likeness (QED) is 0.672. The largest absolute Gasteiger partial charge is 0.497 e. The molecule has 1 heterocycles. The smallest absolute Gasteiger partial charge is 0.131 e. The van der Waals surface area contributed by atoms with Crippen LogP contribution in [0.15, 0.2) is 52.8 Å². The van der Waals surface area contributed by atoms with Crippen LogP contribution in [0.3, 0.4) is 0 Å². The highest BCUT2D eigenvalue weighted by atomic mass is 32.2. The lowest BCUT2D eigenvalue weighted by molar-refractivity contribution is 0.409. The zero-order valence-corrected chi connectivity index (χ0v) is 15.0. The Morgan fingerprint density at radius 3 is 2.30 bits per heavy atom. The molecule has 0 radical (unpaired) electrons. The van der Waals surface area contributed by atoms with Crippen LogP contribution < -0.4 is 9.47 Å². The van der Waals surface area contributed by atoms with E-state index >= 15 is 0 Å². The highest BCUT2D eigenvalue weighted by Gasteiger charge is 2.11. The van der Waals surface area contributed by atoms with Crippen LogP contribution in [0.1, 0.15) is 18.9 Å². The topological polar surface area (TPSA) is 18.5 Å². The van der Waals surface area contributed by atoms with Crippen molar-refractivity contribution in [3.8, 4) is 17.2 Å². The van der Waals surface area contributed by atoms with Gasteiger partial charge in [0.1, 0.15) is 17.2 Å². The molecule has 0 aromatic heterocycles. The van der Waals surface area contributed by atoms with Crippen molar-refractivity contribution in [3.05, 3.63) is 58.3 Å². The summed E-state index contributed by atoms with van der Waals surface area (Å²) in [6.07, 6.45) is 1.30. The molecule has 0 bridgehead atoms. The lowest BCUT2D eigenvalue weighted by Gasteiger charge is -2.16. The first-order valence-corrected chi connectivity index (χ1v) is 9.62. The zero-order valence-electron chi connectivity index (χ0n) is 13.4. The average molecular weight is 345 g/mol. The average Bonchev–Trinajstić information content (AvgIpc) is 2.63. The van der Waals surface area contributed by atoms with Crippen LogP contribution in [0.25, 0.3) is 5.57 Å². The lowest BCUT2D eigenvalue weighted by atomic mass is 10.1. The van der Waals surface area contributed by atoms with Gasteiger partial charge in [0.2, 0.25) is 0 Å². The van der Waals surface area contributed by atoms with E-state index in [9.17, 15) is 0 Å². The molecule has 1 fully saturated rings. The van der Waals surface area contributed by atoms with Gasteiger partial charge < -0.3 is 9.47 Å². The monoisotopic (exact) mass is 344 g/mol. The minimum absolute atomic E-state index is 0.783. The number of hydrogen-bond donors (Lipinski definition) is 0. The third kappa shape index (κ3) is 4.27. The molecule has 2 nitrogen and oxygen atoms in total. The molecule has 3 rings (SSSR count). The Balaban J connectivity index is 1.74. The second-order valence-electron chi connectivity index (χ2n) is 5.27. The summed E-state index contributed by atoms with van der Waals surface area (Å²) in [6.45, 7) is 2.21. The van der Waals surface area contributed by atoms with E-state index in [0.717, 1.165) is 17.2 Å². The maximum atomic E-state index is 5.89. The number of allylic oxidation sites excluding steroid dienone is 1. The standard InChI is InChI=1S/C19H20O2S2/c1-14(19-22-11-4-12-23-19)15-7-9-16(10-8-15)21-18-6-3-5-17(13-18)20-2/h3,5-10,13H,4,11-12H2,1-2H3. The van der Waals surface area contributed by atoms with Crippen molar-refractivity contribution in [2.75, 3.05) is 18.6 Å². The number of hydrogen-bond acceptors (Lipinski definition) is 4. The molecular weight excluding hydrogens is 324 g/mol. The molecule has 1 aliphatic heterocycles. The molecule has 0 amide bonds. The number of methoxy groups -OCH3 is 1. The van der Waals surface area contributed by atoms with Crippen LogP contribution in [0.5, 0.6) is 17.2 Å². The van der Waals surface area contributed by atoms with Gasteiger partial charge in [-0.15, -0.1) is 23.5 Å². The van der Waals surface area contributed by atoms with E-state index in [1.165, 1.54) is 33.3 Å². The van der Waals surface area contributed by atoms with Crippen molar-refractivity contribution >= 4 is 29.1 Å². The van der Waals surface area contributed by atoms with E-state index in [0.29, 0.717) is 0 Å². The fraction of sp³-hybridized carbons (Fsp3) is 0.263. The zero-order chi connectivity index (χ0) is 16.1. The predicted octanol–water partition coefficient (Wildman–Crippen LogP) is 6.05. The summed E-state index contributed by atoms with van der Waals surface area (Å²) >= 11 is 3.95. The summed E-state index contributed by atoms with van der Waals surface area (Å²) < 4.78 is 12.6. The molecular formula is C19H20O2S2. The first-order chi connectivity index (χ1) is 11.3. The Morgan fingerprint density at radius 2 is 1.61 bits per heavy atom. The molecule has 0 unspecified atom stereocenters. The Labute approximate surface area is 146 Å². The van der Waals surface area contributed by atoms with E-state index in [-0.39, 0.29) is 0 Å². The van der Waals surface area contributed by atoms with Gasteiger partial charge in [0, 0.05) is 10.3 Å². The van der Waals surface area contributed by atoms with E-state index in [4.69, 9.17) is 9.47 Å². The molecule has 2 aromatic rings. The normalized spacial score (nSPS) is 14.4. The van der Waals surface area contributed by atoms with Crippen LogP contribution in [0.2, 0.25) is 0 Å². The van der Waals surface area contributed by atoms with Crippen molar-refractivity contribution in [1.29, 1.82) is 0 Å². The number of rotatable bonds is 4. The molecule has 1 aliphatic rings. The van der Waals surface area contributed by atoms with Crippen LogP contribution in [0.4, 0.5) is 0 Å². The molecule has 1 saturated heterocycles. The van der Waals surface area contributed by atoms with Crippen LogP contribution in [0, 0.1) is 0 Å². The third-order valence-corrected chi connectivity index (χ3v) is 6.45. The SMILES string of the molecule is COc1cccc(Oc2ccc(C(C)=C3SCCCS3)cc2)c1. The molecule has 0 saturated carbocycles. The third-order valence-electron chi connectivity index (χ3n) is 3.63. The maximum absolute atomic E-state index is 5.89. The van der Waals surface area contributed by atoms with Gasteiger partial charge in [-0.05, 0) is 60.3 Å². The van der Waals surface area contributed by atoms with Gasteiger partial charge in [-0.25, -0.2) is 0 Å². The number of thioether (sulfide) groups is 2. The first-order valence-electron chi connectivity index (χ1n) is 7.65. The molecule has 4 heteroatoms. The summed E-state index contributed by atoms with van der Waals surface area (Å²) in [4.78, 5) is 0. The summed E-state index contributed by atoms with van der Waals surface area (Å²) in [7, 11) is 1.66. The highest BCUT2D eigenvalue weighted by molar-refractivity contribution is 8.23. The second-order valence-corrected chi connectivity index (χ2v) is 7.74. The van der Waals surface area contributed by atoms with Gasteiger partial charge in [-0.2, -0.15) is 0 Å². The van der Waals surface area contributed by atoms with E-state index in [1.54, 1.807) is 7.11 Å². The maximum Gasteiger partial charge on any atom is 0.131 e. The van der Waals surface area contributed by atoms with Crippen molar-refractivity contribution in [1.82, 2.24) is 0 Å². The van der Waals surface area contributed by atoms with Gasteiger partial charge in [0.25, 0.3) is 0 Å². The van der Waals surface area contributed by atoms with Crippen LogP contribution in [-0.2, 0) is 0 Å². The molecule has 120 valence electrons. The summed E-state index contributed by atoms with van der Waals surface area (Å²) in [5.74, 6) is 4.88. The predicted molar refractivity (Wildman–Crippen MR) is 102 cm³/mol. The van der Waals surface area contributed by atoms with Crippen molar-refractivity contribution in [2.24, 2.45) is 0 Å². The molecule has 0 N–H and O–H groups in total. The Morgan fingerprint density at radius 1 is 0.913 bits per heavy atom. The minimum atomic E-state index is 0.783. The molecule has 0 aliphatic carbocycles. The number of benzene rings is 2. The summed E-state index contributed by atoms with van der Waals surface area (Å²) in [5, 5.41) is 0. The van der Waals surface area contributed by atoms with E-state index in [1.807, 2.05) is 59.9 Å². The van der Waals surface area contributed by atoms with Gasteiger partial charge in [0.05, 0.1) is 7.11 Å². The molecule has 0 spiro atoms. The van der Waals surface area contributed by atoms with Crippen molar-refractivity contribution < 1.29 is 9.47 Å². The van der Waals surface area contributed by atoms with Gasteiger partial charge >= 0.3 is 0 Å². The molecule has 23 heavy (non-hydrogen) atoms. The van der Waals surface area contributed by atoms with E-state index < -0.39 is 0 Å².